The number of rotatable bonds is 7. The molecule has 0 amide bonds. The van der Waals surface area contributed by atoms with Gasteiger partial charge in [-0.2, -0.15) is 0 Å². The lowest BCUT2D eigenvalue weighted by molar-refractivity contribution is 0.0552. The summed E-state index contributed by atoms with van der Waals surface area (Å²) >= 11 is 0. The molecule has 0 aromatic heterocycles. The van der Waals surface area contributed by atoms with E-state index < -0.39 is 8.80 Å². The highest BCUT2D eigenvalue weighted by molar-refractivity contribution is 6.62. The van der Waals surface area contributed by atoms with Gasteiger partial charge < -0.3 is 13.3 Å². The van der Waals surface area contributed by atoms with E-state index in [9.17, 15) is 0 Å². The highest BCUT2D eigenvalue weighted by Gasteiger charge is 2.58. The summed E-state index contributed by atoms with van der Waals surface area (Å²) in [5.74, 6) is 1.47. The van der Waals surface area contributed by atoms with E-state index in [2.05, 4.69) is 13.0 Å². The van der Waals surface area contributed by atoms with Gasteiger partial charge in [0, 0.05) is 25.4 Å². The fourth-order valence-electron chi connectivity index (χ4n) is 3.96. The van der Waals surface area contributed by atoms with E-state index in [1.165, 1.54) is 19.3 Å². The second kappa shape index (κ2) is 6.53. The molecule has 0 radical (unpaired) electrons. The summed E-state index contributed by atoms with van der Waals surface area (Å²) in [4.78, 5) is 0. The summed E-state index contributed by atoms with van der Waals surface area (Å²) in [6.07, 6.45) is 6.06. The number of fused-ring (bicyclic) bond motifs is 2. The third kappa shape index (κ3) is 2.82. The van der Waals surface area contributed by atoms with E-state index in [0.717, 1.165) is 5.92 Å². The molecular formula is C15H28O3Si. The minimum Gasteiger partial charge on any atom is -0.374 e. The molecule has 2 rings (SSSR count). The maximum absolute atomic E-state index is 6.09. The van der Waals surface area contributed by atoms with E-state index in [1.54, 1.807) is 5.57 Å². The van der Waals surface area contributed by atoms with Crippen molar-refractivity contribution in [2.75, 3.05) is 19.8 Å². The molecule has 2 fully saturated rings. The van der Waals surface area contributed by atoms with Gasteiger partial charge in [0.15, 0.2) is 0 Å². The molecule has 110 valence electrons. The zero-order valence-corrected chi connectivity index (χ0v) is 13.8. The molecular weight excluding hydrogens is 256 g/mol. The Balaban J connectivity index is 2.16. The molecule has 2 aliphatic rings. The Morgan fingerprint density at radius 2 is 1.63 bits per heavy atom. The molecule has 0 N–H and O–H groups in total. The standard InChI is InChI=1S/C15H28O3Si/c1-5-12-9-14-10-13(12)11-15(14)19(16-6-2,17-7-3)18-8-4/h5,13-15H,6-11H2,1-4H3. The Morgan fingerprint density at radius 1 is 1.05 bits per heavy atom. The third-order valence-corrected chi connectivity index (χ3v) is 8.27. The fraction of sp³-hybridized carbons (Fsp3) is 0.867. The average molecular weight is 284 g/mol. The molecule has 2 bridgehead atoms. The molecule has 3 atom stereocenters. The van der Waals surface area contributed by atoms with Gasteiger partial charge in [0.25, 0.3) is 0 Å². The van der Waals surface area contributed by atoms with Crippen molar-refractivity contribution in [3.8, 4) is 0 Å². The van der Waals surface area contributed by atoms with E-state index in [0.29, 0.717) is 31.3 Å². The second-order valence-electron chi connectivity index (χ2n) is 5.51. The van der Waals surface area contributed by atoms with Gasteiger partial charge in [0.2, 0.25) is 0 Å². The van der Waals surface area contributed by atoms with Crippen molar-refractivity contribution in [2.45, 2.75) is 52.5 Å². The first-order valence-electron chi connectivity index (χ1n) is 7.77. The minimum absolute atomic E-state index is 0.515. The van der Waals surface area contributed by atoms with Gasteiger partial charge in [-0.15, -0.1) is 0 Å². The summed E-state index contributed by atoms with van der Waals surface area (Å²) < 4.78 is 18.3. The van der Waals surface area contributed by atoms with E-state index in [4.69, 9.17) is 13.3 Å². The van der Waals surface area contributed by atoms with Gasteiger partial charge >= 0.3 is 8.80 Å². The predicted molar refractivity (Wildman–Crippen MR) is 79.0 cm³/mol. The van der Waals surface area contributed by atoms with Crippen LogP contribution < -0.4 is 0 Å². The van der Waals surface area contributed by atoms with Gasteiger partial charge in [0.1, 0.15) is 0 Å². The Kier molecular flexibility index (Phi) is 5.23. The van der Waals surface area contributed by atoms with Gasteiger partial charge in [-0.25, -0.2) is 0 Å². The minimum atomic E-state index is -2.49. The van der Waals surface area contributed by atoms with Crippen LogP contribution in [0.2, 0.25) is 5.54 Å². The molecule has 3 unspecified atom stereocenters. The maximum atomic E-state index is 6.09. The zero-order valence-electron chi connectivity index (χ0n) is 12.8. The van der Waals surface area contributed by atoms with Crippen LogP contribution in [0.4, 0.5) is 0 Å². The molecule has 0 aromatic rings. The third-order valence-electron chi connectivity index (χ3n) is 4.58. The normalized spacial score (nSPS) is 32.4. The molecule has 2 aliphatic carbocycles. The van der Waals surface area contributed by atoms with Gasteiger partial charge in [-0.1, -0.05) is 11.6 Å². The average Bonchev–Trinajstić information content (AvgIpc) is 2.99. The van der Waals surface area contributed by atoms with Crippen LogP contribution >= 0.6 is 0 Å². The molecule has 3 nitrogen and oxygen atoms in total. The van der Waals surface area contributed by atoms with Gasteiger partial charge in [-0.05, 0) is 58.8 Å². The van der Waals surface area contributed by atoms with Crippen LogP contribution in [0.1, 0.15) is 47.0 Å². The lowest BCUT2D eigenvalue weighted by atomic mass is 9.94. The van der Waals surface area contributed by atoms with Crippen molar-refractivity contribution >= 4 is 8.80 Å². The van der Waals surface area contributed by atoms with Crippen LogP contribution in [0, 0.1) is 11.8 Å². The second-order valence-corrected chi connectivity index (χ2v) is 8.32. The molecule has 0 saturated heterocycles. The quantitative estimate of drug-likeness (QED) is 0.526. The van der Waals surface area contributed by atoms with Crippen molar-refractivity contribution in [3.63, 3.8) is 0 Å². The molecule has 2 saturated carbocycles. The van der Waals surface area contributed by atoms with Gasteiger partial charge in [-0.3, -0.25) is 0 Å². The molecule has 0 spiro atoms. The van der Waals surface area contributed by atoms with E-state index in [1.807, 2.05) is 20.8 Å². The van der Waals surface area contributed by atoms with Crippen molar-refractivity contribution in [1.29, 1.82) is 0 Å². The molecule has 0 aliphatic heterocycles. The summed E-state index contributed by atoms with van der Waals surface area (Å²) in [5, 5.41) is 0. The highest BCUT2D eigenvalue weighted by Crippen LogP contribution is 2.58. The highest BCUT2D eigenvalue weighted by atomic mass is 28.4. The first-order chi connectivity index (χ1) is 9.20. The summed E-state index contributed by atoms with van der Waals surface area (Å²) in [6.45, 7) is 10.4. The summed E-state index contributed by atoms with van der Waals surface area (Å²) in [7, 11) is -2.49. The summed E-state index contributed by atoms with van der Waals surface area (Å²) in [5.41, 5.74) is 2.16. The molecule has 0 heterocycles. The van der Waals surface area contributed by atoms with Gasteiger partial charge in [0.05, 0.1) is 0 Å². The Morgan fingerprint density at radius 3 is 2.00 bits per heavy atom. The van der Waals surface area contributed by atoms with Crippen LogP contribution in [0.3, 0.4) is 0 Å². The predicted octanol–water partition coefficient (Wildman–Crippen LogP) is 3.78. The first kappa shape index (κ1) is 15.2. The SMILES string of the molecule is CC=C1CC2CC1CC2[Si](OCC)(OCC)OCC. The summed E-state index contributed by atoms with van der Waals surface area (Å²) in [6, 6.07) is 0. The topological polar surface area (TPSA) is 27.7 Å². The van der Waals surface area contributed by atoms with Crippen LogP contribution in [-0.4, -0.2) is 28.6 Å². The Bertz CT molecular complexity index is 312. The molecule has 4 heteroatoms. The monoisotopic (exact) mass is 284 g/mol. The van der Waals surface area contributed by atoms with Crippen LogP contribution in [0.5, 0.6) is 0 Å². The lowest BCUT2D eigenvalue weighted by Gasteiger charge is -2.37. The number of hydrogen-bond acceptors (Lipinski definition) is 3. The fourth-order valence-corrected chi connectivity index (χ4v) is 7.46. The van der Waals surface area contributed by atoms with Crippen molar-refractivity contribution < 1.29 is 13.3 Å². The zero-order chi connectivity index (χ0) is 13.9. The first-order valence-corrected chi connectivity index (χ1v) is 9.57. The van der Waals surface area contributed by atoms with Crippen molar-refractivity contribution in [3.05, 3.63) is 11.6 Å². The lowest BCUT2D eigenvalue weighted by Crippen LogP contribution is -2.52. The molecule has 0 aromatic carbocycles. The Hall–Kier alpha value is -0.163. The van der Waals surface area contributed by atoms with Crippen LogP contribution in [0.15, 0.2) is 11.6 Å². The molecule has 19 heavy (non-hydrogen) atoms. The van der Waals surface area contributed by atoms with E-state index in [-0.39, 0.29) is 0 Å². The Labute approximate surface area is 118 Å². The maximum Gasteiger partial charge on any atom is 0.504 e. The van der Waals surface area contributed by atoms with Crippen molar-refractivity contribution in [1.82, 2.24) is 0 Å². The number of allylic oxidation sites excluding steroid dienone is 2. The number of hydrogen-bond donors (Lipinski definition) is 0. The van der Waals surface area contributed by atoms with Crippen molar-refractivity contribution in [2.24, 2.45) is 11.8 Å². The van der Waals surface area contributed by atoms with Crippen LogP contribution in [0.25, 0.3) is 0 Å². The smallest absolute Gasteiger partial charge is 0.374 e. The van der Waals surface area contributed by atoms with E-state index >= 15 is 0 Å². The van der Waals surface area contributed by atoms with Crippen LogP contribution in [-0.2, 0) is 13.3 Å². The largest absolute Gasteiger partial charge is 0.504 e.